The van der Waals surface area contributed by atoms with Crippen LogP contribution < -0.4 is 0 Å². The molecular weight excluding hydrogens is 352 g/mol. The van der Waals surface area contributed by atoms with E-state index in [-0.39, 0.29) is 5.91 Å². The first kappa shape index (κ1) is 17.7. The number of thiophene rings is 1. The second kappa shape index (κ2) is 8.31. The molecule has 1 aromatic carbocycles. The second-order valence-corrected chi connectivity index (χ2v) is 7.76. The molecule has 1 amide bonds. The average molecular weight is 373 g/mol. The van der Waals surface area contributed by atoms with Gasteiger partial charge in [-0.2, -0.15) is 0 Å². The van der Waals surface area contributed by atoms with Crippen LogP contribution in [0.15, 0.2) is 46.9 Å². The van der Waals surface area contributed by atoms with Crippen molar-refractivity contribution in [2.45, 2.75) is 25.0 Å². The van der Waals surface area contributed by atoms with Gasteiger partial charge in [-0.05, 0) is 29.5 Å². The number of carbonyl (C=O) groups excluding carboxylic acids is 1. The van der Waals surface area contributed by atoms with Crippen LogP contribution in [0.3, 0.4) is 0 Å². The fourth-order valence-electron chi connectivity index (χ4n) is 2.37. The molecule has 0 saturated heterocycles. The SMILES string of the molecule is Cc1ccccc1CN(C)C(=O)CSc1n[nH]c(Cc2cccs2)n1. The number of rotatable bonds is 7. The molecule has 0 fully saturated rings. The zero-order valence-corrected chi connectivity index (χ0v) is 15.9. The first-order valence-electron chi connectivity index (χ1n) is 7.97. The van der Waals surface area contributed by atoms with Gasteiger partial charge < -0.3 is 4.90 Å². The van der Waals surface area contributed by atoms with E-state index < -0.39 is 0 Å². The molecule has 0 aliphatic rings. The Hall–Kier alpha value is -2.12. The van der Waals surface area contributed by atoms with Crippen molar-refractivity contribution >= 4 is 29.0 Å². The third kappa shape index (κ3) is 4.93. The quantitative estimate of drug-likeness (QED) is 0.645. The molecular formula is C18H20N4OS2. The van der Waals surface area contributed by atoms with Crippen molar-refractivity contribution in [3.05, 3.63) is 63.6 Å². The van der Waals surface area contributed by atoms with Gasteiger partial charge in [-0.3, -0.25) is 9.89 Å². The van der Waals surface area contributed by atoms with Gasteiger partial charge in [-0.1, -0.05) is 42.1 Å². The molecule has 2 aromatic heterocycles. The summed E-state index contributed by atoms with van der Waals surface area (Å²) in [4.78, 5) is 19.8. The summed E-state index contributed by atoms with van der Waals surface area (Å²) in [6, 6.07) is 12.2. The van der Waals surface area contributed by atoms with Crippen molar-refractivity contribution in [3.8, 4) is 0 Å². The van der Waals surface area contributed by atoms with Crippen molar-refractivity contribution in [3.63, 3.8) is 0 Å². The van der Waals surface area contributed by atoms with Gasteiger partial charge in [-0.25, -0.2) is 4.98 Å². The highest BCUT2D eigenvalue weighted by Gasteiger charge is 2.13. The van der Waals surface area contributed by atoms with Gasteiger partial charge in [0.1, 0.15) is 5.82 Å². The summed E-state index contributed by atoms with van der Waals surface area (Å²) < 4.78 is 0. The topological polar surface area (TPSA) is 61.9 Å². The number of carbonyl (C=O) groups is 1. The van der Waals surface area contributed by atoms with E-state index in [1.165, 1.54) is 27.8 Å². The lowest BCUT2D eigenvalue weighted by Crippen LogP contribution is -2.28. The van der Waals surface area contributed by atoms with Crippen LogP contribution >= 0.6 is 23.1 Å². The minimum Gasteiger partial charge on any atom is -0.341 e. The molecule has 2 heterocycles. The normalized spacial score (nSPS) is 10.8. The van der Waals surface area contributed by atoms with Gasteiger partial charge in [0.05, 0.1) is 5.75 Å². The zero-order valence-electron chi connectivity index (χ0n) is 14.2. The molecule has 0 spiro atoms. The van der Waals surface area contributed by atoms with Gasteiger partial charge in [0.2, 0.25) is 11.1 Å². The number of amides is 1. The fourth-order valence-corrected chi connectivity index (χ4v) is 3.83. The molecule has 0 aliphatic carbocycles. The number of aryl methyl sites for hydroxylation is 1. The van der Waals surface area contributed by atoms with Crippen LogP contribution in [-0.4, -0.2) is 38.8 Å². The first-order valence-corrected chi connectivity index (χ1v) is 9.83. The molecule has 130 valence electrons. The molecule has 0 atom stereocenters. The van der Waals surface area contributed by atoms with E-state index in [2.05, 4.69) is 40.3 Å². The Morgan fingerprint density at radius 3 is 2.88 bits per heavy atom. The van der Waals surface area contributed by atoms with Crippen molar-refractivity contribution in [2.75, 3.05) is 12.8 Å². The van der Waals surface area contributed by atoms with Crippen molar-refractivity contribution in [2.24, 2.45) is 0 Å². The largest absolute Gasteiger partial charge is 0.341 e. The van der Waals surface area contributed by atoms with E-state index in [1.807, 2.05) is 30.6 Å². The van der Waals surface area contributed by atoms with E-state index >= 15 is 0 Å². The van der Waals surface area contributed by atoms with Crippen LogP contribution in [0.1, 0.15) is 21.8 Å². The molecule has 7 heteroatoms. The maximum Gasteiger partial charge on any atom is 0.233 e. The number of aromatic nitrogens is 3. The van der Waals surface area contributed by atoms with Crippen molar-refractivity contribution < 1.29 is 4.79 Å². The summed E-state index contributed by atoms with van der Waals surface area (Å²) in [5.41, 5.74) is 2.36. The van der Waals surface area contributed by atoms with Crippen LogP contribution in [0, 0.1) is 6.92 Å². The smallest absolute Gasteiger partial charge is 0.233 e. The Labute approximate surface area is 155 Å². The van der Waals surface area contributed by atoms with Crippen LogP contribution in [0.5, 0.6) is 0 Å². The number of thioether (sulfide) groups is 1. The van der Waals surface area contributed by atoms with Gasteiger partial charge in [0, 0.05) is 24.9 Å². The summed E-state index contributed by atoms with van der Waals surface area (Å²) in [5.74, 6) is 1.22. The molecule has 0 unspecified atom stereocenters. The van der Waals surface area contributed by atoms with Gasteiger partial charge in [0.25, 0.3) is 0 Å². The molecule has 0 saturated carbocycles. The summed E-state index contributed by atoms with van der Waals surface area (Å²) in [5, 5.41) is 9.79. The average Bonchev–Trinajstić information content (AvgIpc) is 3.27. The van der Waals surface area contributed by atoms with Crippen LogP contribution in [-0.2, 0) is 17.8 Å². The molecule has 0 bridgehead atoms. The van der Waals surface area contributed by atoms with Gasteiger partial charge >= 0.3 is 0 Å². The maximum atomic E-state index is 12.3. The summed E-state index contributed by atoms with van der Waals surface area (Å²) in [6.07, 6.45) is 0.742. The number of benzene rings is 1. The number of H-pyrrole nitrogens is 1. The van der Waals surface area contributed by atoms with E-state index in [1.54, 1.807) is 16.2 Å². The number of aromatic amines is 1. The predicted molar refractivity (Wildman–Crippen MR) is 102 cm³/mol. The Morgan fingerprint density at radius 1 is 1.28 bits per heavy atom. The van der Waals surface area contributed by atoms with Crippen molar-refractivity contribution in [1.29, 1.82) is 0 Å². The third-order valence-corrected chi connectivity index (χ3v) is 5.56. The minimum atomic E-state index is 0.0675. The summed E-state index contributed by atoms with van der Waals surface area (Å²) in [6.45, 7) is 2.68. The predicted octanol–water partition coefficient (Wildman–Crippen LogP) is 3.52. The number of hydrogen-bond acceptors (Lipinski definition) is 5. The van der Waals surface area contributed by atoms with Crippen molar-refractivity contribution in [1.82, 2.24) is 20.1 Å². The number of hydrogen-bond donors (Lipinski definition) is 1. The highest BCUT2D eigenvalue weighted by atomic mass is 32.2. The zero-order chi connectivity index (χ0) is 17.6. The van der Waals surface area contributed by atoms with E-state index in [9.17, 15) is 4.79 Å². The maximum absolute atomic E-state index is 12.3. The van der Waals surface area contributed by atoms with Crippen LogP contribution in [0.4, 0.5) is 0 Å². The van der Waals surface area contributed by atoms with E-state index in [0.29, 0.717) is 17.5 Å². The number of nitrogens with one attached hydrogen (secondary N) is 1. The third-order valence-electron chi connectivity index (χ3n) is 3.85. The fraction of sp³-hybridized carbons (Fsp3) is 0.278. The Balaban J connectivity index is 1.50. The standard InChI is InChI=1S/C18H20N4OS2/c1-13-6-3-4-7-14(13)11-22(2)17(23)12-25-18-19-16(20-21-18)10-15-8-5-9-24-15/h3-9H,10-12H2,1-2H3,(H,19,20,21). The Bertz CT molecular complexity index is 829. The Kier molecular flexibility index (Phi) is 5.88. The van der Waals surface area contributed by atoms with E-state index in [4.69, 9.17) is 0 Å². The highest BCUT2D eigenvalue weighted by Crippen LogP contribution is 2.17. The van der Waals surface area contributed by atoms with Gasteiger partial charge in [-0.15, -0.1) is 16.4 Å². The van der Waals surface area contributed by atoms with Crippen LogP contribution in [0.25, 0.3) is 0 Å². The minimum absolute atomic E-state index is 0.0675. The molecule has 1 N–H and O–H groups in total. The molecule has 0 aliphatic heterocycles. The van der Waals surface area contributed by atoms with Crippen LogP contribution in [0.2, 0.25) is 0 Å². The monoisotopic (exact) mass is 372 g/mol. The van der Waals surface area contributed by atoms with E-state index in [0.717, 1.165) is 12.2 Å². The Morgan fingerprint density at radius 2 is 2.12 bits per heavy atom. The molecule has 3 rings (SSSR count). The van der Waals surface area contributed by atoms with Gasteiger partial charge in [0.15, 0.2) is 0 Å². The summed E-state index contributed by atoms with van der Waals surface area (Å²) >= 11 is 3.06. The molecule has 3 aromatic rings. The molecule has 5 nitrogen and oxygen atoms in total. The first-order chi connectivity index (χ1) is 12.1. The second-order valence-electron chi connectivity index (χ2n) is 5.79. The highest BCUT2D eigenvalue weighted by molar-refractivity contribution is 7.99. The lowest BCUT2D eigenvalue weighted by atomic mass is 10.1. The molecule has 0 radical (unpaired) electrons. The summed E-state index contributed by atoms with van der Waals surface area (Å²) in [7, 11) is 1.83. The molecule has 25 heavy (non-hydrogen) atoms. The lowest BCUT2D eigenvalue weighted by Gasteiger charge is -2.18. The lowest BCUT2D eigenvalue weighted by molar-refractivity contribution is -0.127. The number of nitrogens with zero attached hydrogens (tertiary/aromatic N) is 3.